The zero-order valence-electron chi connectivity index (χ0n) is 21.8. The average molecular weight is 526 g/mol. The number of nitrogens with one attached hydrogen (secondary N) is 2. The quantitative estimate of drug-likeness (QED) is 0.285. The number of para-hydroxylation sites is 1. The van der Waals surface area contributed by atoms with Crippen molar-refractivity contribution in [1.82, 2.24) is 14.5 Å². The molecule has 0 bridgehead atoms. The predicted octanol–water partition coefficient (Wildman–Crippen LogP) is 2.97. The summed E-state index contributed by atoms with van der Waals surface area (Å²) in [5.74, 6) is -1.10. The van der Waals surface area contributed by atoms with Crippen LogP contribution in [0.3, 0.4) is 0 Å². The zero-order valence-corrected chi connectivity index (χ0v) is 21.8. The normalized spacial score (nSPS) is 14.5. The van der Waals surface area contributed by atoms with Crippen LogP contribution in [0.25, 0.3) is 11.3 Å². The van der Waals surface area contributed by atoms with Crippen molar-refractivity contribution in [3.05, 3.63) is 104 Å². The molecule has 2 aromatic heterocycles. The van der Waals surface area contributed by atoms with Gasteiger partial charge in [0.1, 0.15) is 18.0 Å². The van der Waals surface area contributed by atoms with Crippen LogP contribution in [0.2, 0.25) is 0 Å². The van der Waals surface area contributed by atoms with Gasteiger partial charge in [0, 0.05) is 11.3 Å². The highest BCUT2D eigenvalue weighted by Gasteiger charge is 2.20. The van der Waals surface area contributed by atoms with Crippen LogP contribution in [0.4, 0.5) is 16.0 Å². The zero-order chi connectivity index (χ0) is 27.8. The maximum absolute atomic E-state index is 14.0. The fourth-order valence-corrected chi connectivity index (χ4v) is 4.95. The first-order chi connectivity index (χ1) is 18.7. The maximum Gasteiger partial charge on any atom is 0.264 e. The first-order valence-corrected chi connectivity index (χ1v) is 12.5. The Morgan fingerprint density at radius 1 is 1.21 bits per heavy atom. The summed E-state index contributed by atoms with van der Waals surface area (Å²) in [4.78, 5) is 27.0. The smallest absolute Gasteiger partial charge is 0.264 e. The van der Waals surface area contributed by atoms with E-state index in [1.807, 2.05) is 51.1 Å². The molecule has 1 aliphatic heterocycles. The standard InChI is InChI=1S/C29H28FN7O2/c1-15-6-4-5-7-22(15)37-19(12-21-24(29(37)39)16(2)10-17(3)36-21)13-33-28-25(27(32)34-14-35-28)26(31)18-8-9-23(38)20(30)11-18/h4-9,11-12,14,17,31,38H,10,13H2,1-3H3,(H3,32,33,34,35). The van der Waals surface area contributed by atoms with Crippen LogP contribution in [0.1, 0.15) is 42.7 Å². The number of anilines is 2. The van der Waals surface area contributed by atoms with Gasteiger partial charge in [-0.1, -0.05) is 23.8 Å². The molecule has 3 heterocycles. The molecule has 0 fully saturated rings. The van der Waals surface area contributed by atoms with Crippen LogP contribution in [0, 0.1) is 18.2 Å². The number of nitrogen functional groups attached to an aromatic ring is 1. The minimum atomic E-state index is -0.858. The van der Waals surface area contributed by atoms with Gasteiger partial charge in [-0.15, -0.1) is 0 Å². The van der Waals surface area contributed by atoms with E-state index in [0.717, 1.165) is 29.3 Å². The molecule has 1 atom stereocenters. The van der Waals surface area contributed by atoms with Crippen molar-refractivity contribution >= 4 is 22.9 Å². The van der Waals surface area contributed by atoms with Crippen molar-refractivity contribution < 1.29 is 9.50 Å². The lowest BCUT2D eigenvalue weighted by Gasteiger charge is -2.20. The minimum absolute atomic E-state index is 0.0294. The molecule has 5 N–H and O–H groups in total. The molecule has 0 aliphatic carbocycles. The van der Waals surface area contributed by atoms with Crippen LogP contribution in [0.5, 0.6) is 5.75 Å². The van der Waals surface area contributed by atoms with E-state index in [2.05, 4.69) is 15.3 Å². The van der Waals surface area contributed by atoms with Gasteiger partial charge in [-0.2, -0.15) is 0 Å². The highest BCUT2D eigenvalue weighted by Crippen LogP contribution is 2.25. The Morgan fingerprint density at radius 2 is 1.97 bits per heavy atom. The summed E-state index contributed by atoms with van der Waals surface area (Å²) in [5.41, 5.74) is 9.56. The number of rotatable bonds is 6. The number of aromatic nitrogens is 3. The number of phenols is 1. The number of aromatic hydroxyl groups is 1. The highest BCUT2D eigenvalue weighted by atomic mass is 19.1. The van der Waals surface area contributed by atoms with E-state index in [9.17, 15) is 14.3 Å². The summed E-state index contributed by atoms with van der Waals surface area (Å²) in [6, 6.07) is 13.2. The Hall–Kier alpha value is -4.86. The fourth-order valence-electron chi connectivity index (χ4n) is 4.95. The van der Waals surface area contributed by atoms with E-state index >= 15 is 0 Å². The minimum Gasteiger partial charge on any atom is -0.505 e. The lowest BCUT2D eigenvalue weighted by atomic mass is 10.0. The Morgan fingerprint density at radius 3 is 2.72 bits per heavy atom. The monoisotopic (exact) mass is 525 g/mol. The van der Waals surface area contributed by atoms with Gasteiger partial charge < -0.3 is 16.2 Å². The Bertz CT molecular complexity index is 1810. The Balaban J connectivity index is 1.62. The van der Waals surface area contributed by atoms with Crippen LogP contribution < -0.4 is 27.2 Å². The molecule has 1 unspecified atom stereocenters. The van der Waals surface area contributed by atoms with Gasteiger partial charge in [0.15, 0.2) is 11.6 Å². The average Bonchev–Trinajstić information content (AvgIpc) is 2.89. The molecule has 2 aromatic carbocycles. The summed E-state index contributed by atoms with van der Waals surface area (Å²) in [6.07, 6.45) is 1.99. The third-order valence-electron chi connectivity index (χ3n) is 6.81. The first kappa shape index (κ1) is 25.8. The van der Waals surface area contributed by atoms with Crippen molar-refractivity contribution in [3.63, 3.8) is 0 Å². The Kier molecular flexibility index (Phi) is 6.69. The lowest BCUT2D eigenvalue weighted by molar-refractivity contribution is 0.432. The largest absolute Gasteiger partial charge is 0.505 e. The molecule has 39 heavy (non-hydrogen) atoms. The molecular formula is C29H28FN7O2. The Labute approximate surface area is 223 Å². The summed E-state index contributed by atoms with van der Waals surface area (Å²) >= 11 is 0. The third-order valence-corrected chi connectivity index (χ3v) is 6.81. The number of fused-ring (bicyclic) bond motifs is 1. The van der Waals surface area contributed by atoms with Crippen molar-refractivity contribution in [2.45, 2.75) is 39.8 Å². The topological polar surface area (TPSA) is 142 Å². The van der Waals surface area contributed by atoms with Crippen LogP contribution in [-0.4, -0.2) is 31.4 Å². The second kappa shape index (κ2) is 10.1. The van der Waals surface area contributed by atoms with Crippen LogP contribution in [0.15, 0.2) is 64.6 Å². The second-order valence-corrected chi connectivity index (χ2v) is 9.66. The number of nitrogens with zero attached hydrogens (tertiary/aromatic N) is 4. The molecule has 198 valence electrons. The molecule has 0 radical (unpaired) electrons. The number of halogens is 1. The molecule has 1 aliphatic rings. The summed E-state index contributed by atoms with van der Waals surface area (Å²) < 4.78 is 15.7. The molecule has 0 saturated carbocycles. The van der Waals surface area contributed by atoms with Crippen LogP contribution in [-0.2, 0) is 6.54 Å². The van der Waals surface area contributed by atoms with Gasteiger partial charge in [0.2, 0.25) is 0 Å². The van der Waals surface area contributed by atoms with Crippen molar-refractivity contribution in [2.24, 2.45) is 4.99 Å². The molecule has 4 aromatic rings. The molecule has 0 saturated heterocycles. The van der Waals surface area contributed by atoms with Crippen molar-refractivity contribution in [3.8, 4) is 11.4 Å². The summed E-state index contributed by atoms with van der Waals surface area (Å²) in [6.45, 7) is 6.09. The molecule has 0 amide bonds. The first-order valence-electron chi connectivity index (χ1n) is 12.5. The lowest BCUT2D eigenvalue weighted by Crippen LogP contribution is -2.49. The molecule has 5 rings (SSSR count). The number of nitrogens with two attached hydrogens (primary N) is 1. The van der Waals surface area contributed by atoms with Crippen molar-refractivity contribution in [1.29, 1.82) is 5.41 Å². The fraction of sp³-hybridized carbons (Fsp3) is 0.207. The number of hydrogen-bond acceptors (Lipinski definition) is 8. The number of phenolic OH excluding ortho intramolecular Hbond substituents is 1. The molecule has 0 spiro atoms. The van der Waals surface area contributed by atoms with Gasteiger partial charge in [0.05, 0.1) is 40.1 Å². The summed E-state index contributed by atoms with van der Waals surface area (Å²) in [5, 5.41) is 22.7. The van der Waals surface area contributed by atoms with E-state index in [1.54, 1.807) is 4.57 Å². The van der Waals surface area contributed by atoms with E-state index in [-0.39, 0.29) is 46.6 Å². The van der Waals surface area contributed by atoms with Crippen LogP contribution >= 0.6 is 0 Å². The van der Waals surface area contributed by atoms with E-state index in [0.29, 0.717) is 16.3 Å². The molecule has 9 nitrogen and oxygen atoms in total. The third kappa shape index (κ3) is 4.76. The van der Waals surface area contributed by atoms with Gasteiger partial charge in [0.25, 0.3) is 5.56 Å². The molecule has 10 heteroatoms. The van der Waals surface area contributed by atoms with Gasteiger partial charge in [-0.25, -0.2) is 14.4 Å². The number of benzene rings is 2. The molecular weight excluding hydrogens is 497 g/mol. The number of aryl methyl sites for hydroxylation is 1. The summed E-state index contributed by atoms with van der Waals surface area (Å²) in [7, 11) is 0. The van der Waals surface area contributed by atoms with Crippen molar-refractivity contribution in [2.75, 3.05) is 11.1 Å². The second-order valence-electron chi connectivity index (χ2n) is 9.66. The number of hydrogen-bond donors (Lipinski definition) is 4. The highest BCUT2D eigenvalue weighted by molar-refractivity contribution is 6.16. The van der Waals surface area contributed by atoms with E-state index in [4.69, 9.17) is 16.1 Å². The van der Waals surface area contributed by atoms with Gasteiger partial charge in [-0.05, 0) is 63.1 Å². The van der Waals surface area contributed by atoms with Gasteiger partial charge in [-0.3, -0.25) is 19.8 Å². The van der Waals surface area contributed by atoms with Gasteiger partial charge >= 0.3 is 0 Å². The SMILES string of the molecule is CC1=c2c(cc(CNc3ncnc(N)c3C(=N)c3ccc(O)c(F)c3)n(-c3ccccc3C)c2=O)=NC(C)C1. The maximum atomic E-state index is 14.0. The predicted molar refractivity (Wildman–Crippen MR) is 148 cm³/mol. The number of pyridine rings is 1. The van der Waals surface area contributed by atoms with E-state index < -0.39 is 11.6 Å². The van der Waals surface area contributed by atoms with E-state index in [1.165, 1.54) is 18.5 Å².